The number of nitrogens with one attached hydrogen (secondary N) is 1. The molecule has 1 aromatic heterocycles. The van der Waals surface area contributed by atoms with E-state index in [4.69, 9.17) is 5.26 Å². The van der Waals surface area contributed by atoms with Crippen LogP contribution < -0.4 is 0 Å². The number of hydrogen-bond acceptors (Lipinski definition) is 1. The first-order valence-electron chi connectivity index (χ1n) is 5.00. The van der Waals surface area contributed by atoms with Gasteiger partial charge in [0.25, 0.3) is 0 Å². The van der Waals surface area contributed by atoms with Crippen LogP contribution in [0.1, 0.15) is 12.1 Å². The number of hydrogen-bond donors (Lipinski definition) is 1. The summed E-state index contributed by atoms with van der Waals surface area (Å²) in [5.74, 6) is 0. The first-order chi connectivity index (χ1) is 7.40. The van der Waals surface area contributed by atoms with E-state index < -0.39 is 0 Å². The smallest absolute Gasteiger partial charge is 0.0625 e. The molecule has 0 aliphatic rings. The largest absolute Gasteiger partial charge is 0.358 e. The Bertz CT molecular complexity index is 463. The average molecular weight is 196 g/mol. The SMILES string of the molecule is N#CCCc1ccc(-c2ccccc2)[nH]1. The van der Waals surface area contributed by atoms with Gasteiger partial charge < -0.3 is 4.98 Å². The highest BCUT2D eigenvalue weighted by Gasteiger charge is 2.00. The highest BCUT2D eigenvalue weighted by atomic mass is 14.7. The minimum atomic E-state index is 0.564. The second kappa shape index (κ2) is 4.47. The van der Waals surface area contributed by atoms with Crippen molar-refractivity contribution in [3.63, 3.8) is 0 Å². The minimum absolute atomic E-state index is 0.564. The Morgan fingerprint density at radius 2 is 1.87 bits per heavy atom. The normalized spacial score (nSPS) is 9.80. The molecule has 2 nitrogen and oxygen atoms in total. The van der Waals surface area contributed by atoms with Gasteiger partial charge in [-0.25, -0.2) is 0 Å². The zero-order valence-corrected chi connectivity index (χ0v) is 8.40. The molecule has 1 aromatic carbocycles. The molecule has 2 rings (SSSR count). The molecular weight excluding hydrogens is 184 g/mol. The lowest BCUT2D eigenvalue weighted by Gasteiger charge is -1.96. The van der Waals surface area contributed by atoms with Crippen LogP contribution in [0.15, 0.2) is 42.5 Å². The first kappa shape index (κ1) is 9.54. The van der Waals surface area contributed by atoms with E-state index in [1.165, 1.54) is 5.56 Å². The van der Waals surface area contributed by atoms with Gasteiger partial charge in [0, 0.05) is 24.2 Å². The number of nitrogens with zero attached hydrogens (tertiary/aromatic N) is 1. The standard InChI is InChI=1S/C13H12N2/c14-10-4-7-12-8-9-13(15-12)11-5-2-1-3-6-11/h1-3,5-6,8-9,15H,4,7H2. The molecule has 0 saturated heterocycles. The van der Waals surface area contributed by atoms with Crippen LogP contribution in [0.5, 0.6) is 0 Å². The highest BCUT2D eigenvalue weighted by molar-refractivity contribution is 5.59. The van der Waals surface area contributed by atoms with Crippen molar-refractivity contribution in [2.45, 2.75) is 12.8 Å². The molecule has 0 radical (unpaired) electrons. The van der Waals surface area contributed by atoms with Crippen LogP contribution in [0.2, 0.25) is 0 Å². The fourth-order valence-corrected chi connectivity index (χ4v) is 1.56. The predicted octanol–water partition coefficient (Wildman–Crippen LogP) is 3.14. The number of H-pyrrole nitrogens is 1. The van der Waals surface area contributed by atoms with Gasteiger partial charge in [0.05, 0.1) is 6.07 Å². The zero-order chi connectivity index (χ0) is 10.5. The molecule has 74 valence electrons. The summed E-state index contributed by atoms with van der Waals surface area (Å²) in [7, 11) is 0. The Balaban J connectivity index is 2.18. The Labute approximate surface area is 89.2 Å². The Kier molecular flexibility index (Phi) is 2.85. The van der Waals surface area contributed by atoms with Gasteiger partial charge in [-0.15, -0.1) is 0 Å². The Hall–Kier alpha value is -2.01. The molecule has 2 aromatic rings. The third-order valence-corrected chi connectivity index (χ3v) is 2.34. The maximum atomic E-state index is 8.49. The maximum Gasteiger partial charge on any atom is 0.0625 e. The van der Waals surface area contributed by atoms with Crippen molar-refractivity contribution < 1.29 is 0 Å². The molecule has 0 amide bonds. The third kappa shape index (κ3) is 2.26. The van der Waals surface area contributed by atoms with E-state index in [-0.39, 0.29) is 0 Å². The van der Waals surface area contributed by atoms with E-state index in [0.29, 0.717) is 6.42 Å². The zero-order valence-electron chi connectivity index (χ0n) is 8.40. The van der Waals surface area contributed by atoms with Crippen LogP contribution in [0.4, 0.5) is 0 Å². The predicted molar refractivity (Wildman–Crippen MR) is 60.2 cm³/mol. The number of aromatic nitrogens is 1. The molecule has 0 fully saturated rings. The van der Waals surface area contributed by atoms with Crippen LogP contribution in [-0.2, 0) is 6.42 Å². The van der Waals surface area contributed by atoms with Gasteiger partial charge in [-0.05, 0) is 17.7 Å². The molecule has 0 atom stereocenters. The summed E-state index contributed by atoms with van der Waals surface area (Å²) < 4.78 is 0. The van der Waals surface area contributed by atoms with Gasteiger partial charge >= 0.3 is 0 Å². The van der Waals surface area contributed by atoms with Gasteiger partial charge in [0.1, 0.15) is 0 Å². The van der Waals surface area contributed by atoms with Crippen molar-refractivity contribution in [1.29, 1.82) is 5.26 Å². The lowest BCUT2D eigenvalue weighted by atomic mass is 10.2. The molecule has 0 aliphatic heterocycles. The summed E-state index contributed by atoms with van der Waals surface area (Å²) in [5, 5.41) is 8.49. The van der Waals surface area contributed by atoms with E-state index in [1.54, 1.807) is 0 Å². The fraction of sp³-hybridized carbons (Fsp3) is 0.154. The summed E-state index contributed by atoms with van der Waals surface area (Å²) in [6.45, 7) is 0. The minimum Gasteiger partial charge on any atom is -0.358 e. The van der Waals surface area contributed by atoms with Crippen molar-refractivity contribution in [3.8, 4) is 17.3 Å². The van der Waals surface area contributed by atoms with Gasteiger partial charge in [-0.2, -0.15) is 5.26 Å². The Morgan fingerprint density at radius 3 is 2.60 bits per heavy atom. The number of nitriles is 1. The molecule has 0 spiro atoms. The maximum absolute atomic E-state index is 8.49. The third-order valence-electron chi connectivity index (χ3n) is 2.34. The second-order valence-electron chi connectivity index (χ2n) is 3.42. The lowest BCUT2D eigenvalue weighted by Crippen LogP contribution is -1.83. The fourth-order valence-electron chi connectivity index (χ4n) is 1.56. The summed E-state index contributed by atoms with van der Waals surface area (Å²) in [4.78, 5) is 3.31. The van der Waals surface area contributed by atoms with Crippen LogP contribution in [0.25, 0.3) is 11.3 Å². The molecule has 0 unspecified atom stereocenters. The van der Waals surface area contributed by atoms with Crippen LogP contribution >= 0.6 is 0 Å². The molecule has 15 heavy (non-hydrogen) atoms. The van der Waals surface area contributed by atoms with Gasteiger partial charge in [0.2, 0.25) is 0 Å². The van der Waals surface area contributed by atoms with Gasteiger partial charge in [-0.1, -0.05) is 30.3 Å². The summed E-state index contributed by atoms with van der Waals surface area (Å²) in [6.07, 6.45) is 1.36. The molecule has 0 bridgehead atoms. The average Bonchev–Trinajstić information content (AvgIpc) is 2.76. The molecular formula is C13H12N2. The highest BCUT2D eigenvalue weighted by Crippen LogP contribution is 2.18. The number of benzene rings is 1. The first-order valence-corrected chi connectivity index (χ1v) is 5.00. The van der Waals surface area contributed by atoms with E-state index >= 15 is 0 Å². The van der Waals surface area contributed by atoms with Crippen molar-refractivity contribution in [2.24, 2.45) is 0 Å². The van der Waals surface area contributed by atoms with Crippen LogP contribution in [0.3, 0.4) is 0 Å². The van der Waals surface area contributed by atoms with E-state index in [2.05, 4.69) is 29.3 Å². The number of aryl methyl sites for hydroxylation is 1. The summed E-state index contributed by atoms with van der Waals surface area (Å²) in [5.41, 5.74) is 3.42. The number of aromatic amines is 1. The van der Waals surface area contributed by atoms with E-state index in [0.717, 1.165) is 17.8 Å². The summed E-state index contributed by atoms with van der Waals surface area (Å²) >= 11 is 0. The van der Waals surface area contributed by atoms with E-state index in [1.807, 2.05) is 24.3 Å². The second-order valence-corrected chi connectivity index (χ2v) is 3.42. The summed E-state index contributed by atoms with van der Waals surface area (Å²) in [6, 6.07) is 16.4. The van der Waals surface area contributed by atoms with E-state index in [9.17, 15) is 0 Å². The van der Waals surface area contributed by atoms with Crippen LogP contribution in [0, 0.1) is 11.3 Å². The van der Waals surface area contributed by atoms with Crippen molar-refractivity contribution in [2.75, 3.05) is 0 Å². The number of rotatable bonds is 3. The monoisotopic (exact) mass is 196 g/mol. The molecule has 0 aliphatic carbocycles. The molecule has 0 saturated carbocycles. The topological polar surface area (TPSA) is 39.6 Å². The Morgan fingerprint density at radius 1 is 1.07 bits per heavy atom. The quantitative estimate of drug-likeness (QED) is 0.804. The molecule has 2 heteroatoms. The van der Waals surface area contributed by atoms with Crippen molar-refractivity contribution in [1.82, 2.24) is 4.98 Å². The lowest BCUT2D eigenvalue weighted by molar-refractivity contribution is 0.969. The van der Waals surface area contributed by atoms with Gasteiger partial charge in [-0.3, -0.25) is 0 Å². The molecule has 1 heterocycles. The van der Waals surface area contributed by atoms with Gasteiger partial charge in [0.15, 0.2) is 0 Å². The molecule has 1 N–H and O–H groups in total. The van der Waals surface area contributed by atoms with Crippen LogP contribution in [-0.4, -0.2) is 4.98 Å². The van der Waals surface area contributed by atoms with Crippen molar-refractivity contribution in [3.05, 3.63) is 48.2 Å². The van der Waals surface area contributed by atoms with Crippen molar-refractivity contribution >= 4 is 0 Å².